The minimum atomic E-state index is -0.576. The van der Waals surface area contributed by atoms with Gasteiger partial charge in [0.1, 0.15) is 0 Å². The maximum atomic E-state index is 12.3. The molecule has 3 amide bonds. The zero-order chi connectivity index (χ0) is 19.1. The fourth-order valence-corrected chi connectivity index (χ4v) is 2.59. The largest absolute Gasteiger partial charge is 0.352 e. The molecule has 27 heavy (non-hydrogen) atoms. The Kier molecular flexibility index (Phi) is 5.84. The summed E-state index contributed by atoms with van der Waals surface area (Å²) in [6.07, 6.45) is 3.67. The minimum absolute atomic E-state index is 0.148. The van der Waals surface area contributed by atoms with E-state index in [2.05, 4.69) is 15.7 Å². The number of primary amides is 1. The number of amides is 3. The summed E-state index contributed by atoms with van der Waals surface area (Å²) in [6.45, 7) is 1.50. The molecule has 3 aromatic rings. The van der Waals surface area contributed by atoms with Gasteiger partial charge in [-0.05, 0) is 34.9 Å². The van der Waals surface area contributed by atoms with E-state index < -0.39 is 6.03 Å². The van der Waals surface area contributed by atoms with Crippen molar-refractivity contribution < 1.29 is 9.59 Å². The van der Waals surface area contributed by atoms with Crippen LogP contribution in [0.4, 0.5) is 4.79 Å². The molecule has 1 heterocycles. The number of nitrogens with one attached hydrogen (secondary N) is 2. The van der Waals surface area contributed by atoms with E-state index in [0.717, 1.165) is 23.2 Å². The molecule has 0 aliphatic carbocycles. The second-order valence-corrected chi connectivity index (χ2v) is 6.12. The first kappa shape index (κ1) is 18.2. The Morgan fingerprint density at radius 2 is 1.48 bits per heavy atom. The van der Waals surface area contributed by atoms with Crippen LogP contribution in [-0.2, 0) is 19.6 Å². The van der Waals surface area contributed by atoms with Crippen LogP contribution in [0.1, 0.15) is 27.0 Å². The lowest BCUT2D eigenvalue weighted by Crippen LogP contribution is -2.28. The fraction of sp³-hybridized carbons (Fsp3) is 0.150. The Balaban J connectivity index is 1.50. The van der Waals surface area contributed by atoms with Crippen LogP contribution in [0.3, 0.4) is 0 Å². The van der Waals surface area contributed by atoms with Crippen molar-refractivity contribution in [1.29, 1.82) is 0 Å². The van der Waals surface area contributed by atoms with Gasteiger partial charge in [-0.1, -0.05) is 36.4 Å². The molecule has 0 saturated carbocycles. The summed E-state index contributed by atoms with van der Waals surface area (Å²) in [5.74, 6) is -0.148. The molecule has 138 valence electrons. The summed E-state index contributed by atoms with van der Waals surface area (Å²) in [4.78, 5) is 23.0. The highest BCUT2D eigenvalue weighted by Gasteiger charge is 2.06. The van der Waals surface area contributed by atoms with E-state index in [1.165, 1.54) is 0 Å². The number of aromatic nitrogens is 2. The molecular formula is C20H21N5O2. The number of carbonyl (C=O) groups excluding carboxylic acids is 2. The molecule has 2 aromatic carbocycles. The van der Waals surface area contributed by atoms with Gasteiger partial charge in [-0.25, -0.2) is 4.79 Å². The number of rotatable bonds is 7. The number of hydrogen-bond acceptors (Lipinski definition) is 3. The van der Waals surface area contributed by atoms with Crippen molar-refractivity contribution in [2.45, 2.75) is 19.6 Å². The smallest absolute Gasteiger partial charge is 0.312 e. The number of hydrogen-bond donors (Lipinski definition) is 3. The lowest BCUT2D eigenvalue weighted by atomic mass is 10.1. The average Bonchev–Trinajstić information content (AvgIpc) is 3.19. The van der Waals surface area contributed by atoms with E-state index in [4.69, 9.17) is 5.73 Å². The second-order valence-electron chi connectivity index (χ2n) is 6.12. The van der Waals surface area contributed by atoms with Gasteiger partial charge >= 0.3 is 6.03 Å². The Hall–Kier alpha value is -3.61. The summed E-state index contributed by atoms with van der Waals surface area (Å²) in [7, 11) is 0. The molecule has 1 aromatic heterocycles. The lowest BCUT2D eigenvalue weighted by molar-refractivity contribution is 0.0951. The summed E-state index contributed by atoms with van der Waals surface area (Å²) in [5, 5.41) is 9.60. The molecule has 0 aliphatic heterocycles. The molecular weight excluding hydrogens is 342 g/mol. The Morgan fingerprint density at radius 3 is 2.07 bits per heavy atom. The van der Waals surface area contributed by atoms with Crippen LogP contribution in [0.15, 0.2) is 67.0 Å². The van der Waals surface area contributed by atoms with Gasteiger partial charge in [0.05, 0.1) is 6.54 Å². The van der Waals surface area contributed by atoms with E-state index in [1.54, 1.807) is 30.5 Å². The first-order valence-electron chi connectivity index (χ1n) is 8.56. The van der Waals surface area contributed by atoms with Gasteiger partial charge < -0.3 is 16.4 Å². The maximum Gasteiger partial charge on any atom is 0.312 e. The Bertz CT molecular complexity index is 887. The number of benzene rings is 2. The molecule has 0 spiro atoms. The Morgan fingerprint density at radius 1 is 0.889 bits per heavy atom. The van der Waals surface area contributed by atoms with Gasteiger partial charge in [-0.2, -0.15) is 5.10 Å². The van der Waals surface area contributed by atoms with E-state index in [0.29, 0.717) is 18.7 Å². The van der Waals surface area contributed by atoms with Crippen molar-refractivity contribution in [3.8, 4) is 0 Å². The van der Waals surface area contributed by atoms with Crippen LogP contribution in [0.2, 0.25) is 0 Å². The molecule has 0 unspecified atom stereocenters. The zero-order valence-electron chi connectivity index (χ0n) is 14.8. The highest BCUT2D eigenvalue weighted by atomic mass is 16.2. The van der Waals surface area contributed by atoms with Crippen LogP contribution in [0.25, 0.3) is 0 Å². The summed E-state index contributed by atoms with van der Waals surface area (Å²) >= 11 is 0. The van der Waals surface area contributed by atoms with E-state index in [-0.39, 0.29) is 5.91 Å². The van der Waals surface area contributed by atoms with Crippen molar-refractivity contribution >= 4 is 11.9 Å². The summed E-state index contributed by atoms with van der Waals surface area (Å²) < 4.78 is 1.86. The molecule has 4 N–H and O–H groups in total. The number of nitrogens with zero attached hydrogens (tertiary/aromatic N) is 2. The van der Waals surface area contributed by atoms with Gasteiger partial charge in [-0.15, -0.1) is 0 Å². The van der Waals surface area contributed by atoms with E-state index in [9.17, 15) is 9.59 Å². The number of urea groups is 1. The second kappa shape index (κ2) is 8.66. The van der Waals surface area contributed by atoms with Gasteiger partial charge in [0.2, 0.25) is 0 Å². The quantitative estimate of drug-likeness (QED) is 0.598. The molecule has 0 fully saturated rings. The SMILES string of the molecule is NC(=O)NCc1ccc(C(=O)NCc2ccc(Cn3cccn3)cc2)cc1. The predicted octanol–water partition coefficient (Wildman–Crippen LogP) is 2.03. The van der Waals surface area contributed by atoms with Gasteiger partial charge in [0, 0.05) is 31.0 Å². The molecule has 0 aliphatic rings. The highest BCUT2D eigenvalue weighted by Crippen LogP contribution is 2.08. The van der Waals surface area contributed by atoms with Crippen molar-refractivity contribution in [2.75, 3.05) is 0 Å². The molecule has 0 radical (unpaired) electrons. The topological polar surface area (TPSA) is 102 Å². The first-order valence-corrected chi connectivity index (χ1v) is 8.56. The van der Waals surface area contributed by atoms with E-state index in [1.807, 2.05) is 41.2 Å². The number of carbonyl (C=O) groups is 2. The van der Waals surface area contributed by atoms with Crippen LogP contribution in [-0.4, -0.2) is 21.7 Å². The lowest BCUT2D eigenvalue weighted by Gasteiger charge is -2.08. The molecule has 0 atom stereocenters. The highest BCUT2D eigenvalue weighted by molar-refractivity contribution is 5.94. The van der Waals surface area contributed by atoms with Crippen LogP contribution in [0, 0.1) is 0 Å². The first-order chi connectivity index (χ1) is 13.1. The van der Waals surface area contributed by atoms with Crippen LogP contribution < -0.4 is 16.4 Å². The van der Waals surface area contributed by atoms with Crippen molar-refractivity contribution in [3.63, 3.8) is 0 Å². The molecule has 7 heteroatoms. The average molecular weight is 363 g/mol. The Labute approximate surface area is 157 Å². The zero-order valence-corrected chi connectivity index (χ0v) is 14.8. The molecule has 0 bridgehead atoms. The molecule has 7 nitrogen and oxygen atoms in total. The van der Waals surface area contributed by atoms with Crippen LogP contribution in [0.5, 0.6) is 0 Å². The summed E-state index contributed by atoms with van der Waals surface area (Å²) in [5.41, 5.74) is 8.64. The van der Waals surface area contributed by atoms with Crippen molar-refractivity contribution in [2.24, 2.45) is 5.73 Å². The monoisotopic (exact) mass is 363 g/mol. The number of nitrogens with two attached hydrogens (primary N) is 1. The van der Waals surface area contributed by atoms with Crippen molar-refractivity contribution in [3.05, 3.63) is 89.2 Å². The molecule has 3 rings (SSSR count). The summed E-state index contributed by atoms with van der Waals surface area (Å²) in [6, 6.07) is 16.4. The fourth-order valence-electron chi connectivity index (χ4n) is 2.59. The predicted molar refractivity (Wildman–Crippen MR) is 102 cm³/mol. The van der Waals surface area contributed by atoms with Crippen LogP contribution >= 0.6 is 0 Å². The van der Waals surface area contributed by atoms with Crippen molar-refractivity contribution in [1.82, 2.24) is 20.4 Å². The normalized spacial score (nSPS) is 10.4. The maximum absolute atomic E-state index is 12.3. The van der Waals surface area contributed by atoms with Gasteiger partial charge in [0.15, 0.2) is 0 Å². The van der Waals surface area contributed by atoms with Gasteiger partial charge in [0.25, 0.3) is 5.91 Å². The molecule has 0 saturated heterocycles. The van der Waals surface area contributed by atoms with E-state index >= 15 is 0 Å². The standard InChI is InChI=1S/C20H21N5O2/c21-20(27)23-13-16-6-8-18(9-7-16)19(26)22-12-15-2-4-17(5-3-15)14-25-11-1-10-24-25/h1-11H,12-14H2,(H,22,26)(H3,21,23,27). The third-order valence-electron chi connectivity index (χ3n) is 4.06. The van der Waals surface area contributed by atoms with Gasteiger partial charge in [-0.3, -0.25) is 9.48 Å². The third kappa shape index (κ3) is 5.43. The minimum Gasteiger partial charge on any atom is -0.352 e. The third-order valence-corrected chi connectivity index (χ3v) is 4.06.